The van der Waals surface area contributed by atoms with Gasteiger partial charge in [-0.05, 0) is 49.4 Å². The second-order valence-corrected chi connectivity index (χ2v) is 6.04. The third-order valence-corrected chi connectivity index (χ3v) is 4.55. The van der Waals surface area contributed by atoms with Crippen LogP contribution in [0.1, 0.15) is 24.0 Å². The number of carboxylic acids is 1. The summed E-state index contributed by atoms with van der Waals surface area (Å²) in [5.41, 5.74) is 4.66. The summed E-state index contributed by atoms with van der Waals surface area (Å²) in [6, 6.07) is 8.41. The summed E-state index contributed by atoms with van der Waals surface area (Å²) in [6.45, 7) is 5.69. The van der Waals surface area contributed by atoms with Gasteiger partial charge in [-0.1, -0.05) is 12.1 Å². The van der Waals surface area contributed by atoms with Crippen LogP contribution in [0.25, 0.3) is 11.3 Å². The lowest BCUT2D eigenvalue weighted by Crippen LogP contribution is -2.36. The molecular formula is C17H21N3O2. The van der Waals surface area contributed by atoms with E-state index in [-0.39, 0.29) is 5.92 Å². The molecule has 1 aromatic carbocycles. The van der Waals surface area contributed by atoms with Crippen molar-refractivity contribution in [2.45, 2.75) is 26.7 Å². The summed E-state index contributed by atoms with van der Waals surface area (Å²) >= 11 is 0. The molecule has 1 aliphatic rings. The van der Waals surface area contributed by atoms with Crippen LogP contribution in [-0.4, -0.2) is 34.4 Å². The first-order valence-electron chi connectivity index (χ1n) is 7.65. The maximum Gasteiger partial charge on any atom is 0.306 e. The Morgan fingerprint density at radius 2 is 1.95 bits per heavy atom. The van der Waals surface area contributed by atoms with Gasteiger partial charge in [0.2, 0.25) is 0 Å². The van der Waals surface area contributed by atoms with Crippen LogP contribution < -0.4 is 4.90 Å². The Morgan fingerprint density at radius 1 is 1.23 bits per heavy atom. The number of benzene rings is 1. The number of nitrogens with zero attached hydrogens (tertiary/aromatic N) is 2. The number of rotatable bonds is 3. The lowest BCUT2D eigenvalue weighted by Gasteiger charge is -2.29. The number of piperidine rings is 1. The number of aryl methyl sites for hydroxylation is 2. The van der Waals surface area contributed by atoms with Crippen molar-refractivity contribution in [2.24, 2.45) is 5.92 Å². The molecule has 116 valence electrons. The van der Waals surface area contributed by atoms with Crippen molar-refractivity contribution in [1.29, 1.82) is 0 Å². The largest absolute Gasteiger partial charge is 0.481 e. The van der Waals surface area contributed by atoms with E-state index in [0.29, 0.717) is 12.8 Å². The van der Waals surface area contributed by atoms with Crippen LogP contribution in [-0.2, 0) is 4.79 Å². The third-order valence-electron chi connectivity index (χ3n) is 4.55. The number of aromatic amines is 1. The highest BCUT2D eigenvalue weighted by molar-refractivity contribution is 5.70. The van der Waals surface area contributed by atoms with Crippen LogP contribution >= 0.6 is 0 Å². The Morgan fingerprint density at radius 3 is 2.59 bits per heavy atom. The number of hydrogen-bond donors (Lipinski definition) is 2. The highest BCUT2D eigenvalue weighted by atomic mass is 16.4. The maximum absolute atomic E-state index is 11.0. The summed E-state index contributed by atoms with van der Waals surface area (Å²) in [4.78, 5) is 13.2. The lowest BCUT2D eigenvalue weighted by molar-refractivity contribution is -0.142. The molecule has 1 fully saturated rings. The topological polar surface area (TPSA) is 69.2 Å². The number of anilines is 1. The summed E-state index contributed by atoms with van der Waals surface area (Å²) in [5.74, 6) is 0.00368. The molecule has 0 atom stereocenters. The van der Waals surface area contributed by atoms with E-state index in [0.717, 1.165) is 30.2 Å². The molecule has 3 rings (SSSR count). The van der Waals surface area contributed by atoms with Crippen LogP contribution in [0, 0.1) is 19.8 Å². The van der Waals surface area contributed by atoms with E-state index in [2.05, 4.69) is 47.1 Å². The van der Waals surface area contributed by atoms with Gasteiger partial charge in [0.1, 0.15) is 0 Å². The van der Waals surface area contributed by atoms with Gasteiger partial charge >= 0.3 is 5.97 Å². The maximum atomic E-state index is 11.0. The molecule has 0 saturated carbocycles. The van der Waals surface area contributed by atoms with E-state index in [9.17, 15) is 4.79 Å². The Hall–Kier alpha value is -2.30. The molecule has 1 aliphatic heterocycles. The molecule has 0 unspecified atom stereocenters. The first-order chi connectivity index (χ1) is 10.5. The Bertz CT molecular complexity index is 685. The zero-order chi connectivity index (χ0) is 15.7. The molecule has 22 heavy (non-hydrogen) atoms. The van der Waals surface area contributed by atoms with Crippen LogP contribution in [0.3, 0.4) is 0 Å². The molecule has 0 radical (unpaired) electrons. The van der Waals surface area contributed by atoms with Gasteiger partial charge in [-0.3, -0.25) is 9.89 Å². The average Bonchev–Trinajstić information content (AvgIpc) is 3.00. The predicted molar refractivity (Wildman–Crippen MR) is 86.1 cm³/mol. The second-order valence-electron chi connectivity index (χ2n) is 6.04. The van der Waals surface area contributed by atoms with E-state index in [1.165, 1.54) is 11.1 Å². The van der Waals surface area contributed by atoms with Crippen LogP contribution in [0.2, 0.25) is 0 Å². The zero-order valence-corrected chi connectivity index (χ0v) is 13.0. The zero-order valence-electron chi connectivity index (χ0n) is 13.0. The van der Waals surface area contributed by atoms with Gasteiger partial charge in [-0.15, -0.1) is 0 Å². The highest BCUT2D eigenvalue weighted by Gasteiger charge is 2.25. The number of nitrogens with one attached hydrogen (secondary N) is 1. The van der Waals surface area contributed by atoms with Crippen molar-refractivity contribution >= 4 is 11.8 Å². The van der Waals surface area contributed by atoms with Gasteiger partial charge < -0.3 is 10.0 Å². The molecule has 1 aromatic heterocycles. The Labute approximate surface area is 130 Å². The van der Waals surface area contributed by atoms with Crippen molar-refractivity contribution in [2.75, 3.05) is 18.0 Å². The van der Waals surface area contributed by atoms with Crippen molar-refractivity contribution < 1.29 is 9.90 Å². The number of carbonyl (C=O) groups is 1. The minimum atomic E-state index is -0.683. The van der Waals surface area contributed by atoms with E-state index >= 15 is 0 Å². The van der Waals surface area contributed by atoms with Gasteiger partial charge in [0.05, 0.1) is 11.6 Å². The number of aliphatic carboxylic acids is 1. The standard InChI is InChI=1S/C17H21N3O2/c1-11-3-4-14(9-12(11)2)15-10-16(19-18-15)20-7-5-13(6-8-20)17(21)22/h3-4,9-10,13H,5-8H2,1-2H3,(H,18,19)(H,21,22). The molecular weight excluding hydrogens is 278 g/mol. The van der Waals surface area contributed by atoms with Crippen LogP contribution in [0.5, 0.6) is 0 Å². The molecule has 2 heterocycles. The fraction of sp³-hybridized carbons (Fsp3) is 0.412. The molecule has 2 N–H and O–H groups in total. The molecule has 0 bridgehead atoms. The summed E-state index contributed by atoms with van der Waals surface area (Å²) < 4.78 is 0. The molecule has 0 amide bonds. The second kappa shape index (κ2) is 5.83. The highest BCUT2D eigenvalue weighted by Crippen LogP contribution is 2.26. The van der Waals surface area contributed by atoms with Crippen molar-refractivity contribution in [3.63, 3.8) is 0 Å². The SMILES string of the molecule is Cc1ccc(-c2cc(N3CCC(C(=O)O)CC3)n[nH]2)cc1C. The number of hydrogen-bond acceptors (Lipinski definition) is 3. The number of aromatic nitrogens is 2. The van der Waals surface area contributed by atoms with Crippen molar-refractivity contribution in [3.05, 3.63) is 35.4 Å². The van der Waals surface area contributed by atoms with Gasteiger partial charge in [0, 0.05) is 19.2 Å². The predicted octanol–water partition coefficient (Wildman–Crippen LogP) is 2.99. The van der Waals surface area contributed by atoms with E-state index < -0.39 is 5.97 Å². The van der Waals surface area contributed by atoms with Gasteiger partial charge in [0.15, 0.2) is 5.82 Å². The Kier molecular flexibility index (Phi) is 3.88. The summed E-state index contributed by atoms with van der Waals surface area (Å²) in [5, 5.41) is 16.5. The lowest BCUT2D eigenvalue weighted by atomic mass is 9.97. The Balaban J connectivity index is 1.74. The van der Waals surface area contributed by atoms with Gasteiger partial charge in [0.25, 0.3) is 0 Å². The van der Waals surface area contributed by atoms with E-state index in [1.807, 2.05) is 6.07 Å². The molecule has 0 aliphatic carbocycles. The quantitative estimate of drug-likeness (QED) is 0.914. The molecule has 5 heteroatoms. The monoisotopic (exact) mass is 299 g/mol. The minimum absolute atomic E-state index is 0.214. The number of H-pyrrole nitrogens is 1. The fourth-order valence-electron chi connectivity index (χ4n) is 2.89. The van der Waals surface area contributed by atoms with Crippen molar-refractivity contribution in [3.8, 4) is 11.3 Å². The smallest absolute Gasteiger partial charge is 0.306 e. The molecule has 2 aromatic rings. The molecule has 0 spiro atoms. The number of carboxylic acid groups (broad SMARTS) is 1. The van der Waals surface area contributed by atoms with Crippen LogP contribution in [0.4, 0.5) is 5.82 Å². The molecule has 5 nitrogen and oxygen atoms in total. The minimum Gasteiger partial charge on any atom is -0.481 e. The normalized spacial score (nSPS) is 16.0. The third kappa shape index (κ3) is 2.84. The van der Waals surface area contributed by atoms with Gasteiger partial charge in [-0.2, -0.15) is 5.10 Å². The summed E-state index contributed by atoms with van der Waals surface area (Å²) in [7, 11) is 0. The average molecular weight is 299 g/mol. The first kappa shape index (κ1) is 14.6. The van der Waals surface area contributed by atoms with E-state index in [4.69, 9.17) is 5.11 Å². The van der Waals surface area contributed by atoms with Crippen LogP contribution in [0.15, 0.2) is 24.3 Å². The molecule has 1 saturated heterocycles. The van der Waals surface area contributed by atoms with Crippen molar-refractivity contribution in [1.82, 2.24) is 10.2 Å². The summed E-state index contributed by atoms with van der Waals surface area (Å²) in [6.07, 6.45) is 1.36. The fourth-order valence-corrected chi connectivity index (χ4v) is 2.89. The first-order valence-corrected chi connectivity index (χ1v) is 7.65. The van der Waals surface area contributed by atoms with E-state index in [1.54, 1.807) is 0 Å². The van der Waals surface area contributed by atoms with Gasteiger partial charge in [-0.25, -0.2) is 0 Å².